The second-order valence-corrected chi connectivity index (χ2v) is 5.93. The highest BCUT2D eigenvalue weighted by Gasteiger charge is 2.35. The topological polar surface area (TPSA) is 44.0 Å². The lowest BCUT2D eigenvalue weighted by Crippen LogP contribution is -2.54. The van der Waals surface area contributed by atoms with Crippen molar-refractivity contribution < 1.29 is 0 Å². The molecule has 3 heterocycles. The maximum absolute atomic E-state index is 4.36. The molecule has 0 amide bonds. The molecule has 2 aliphatic rings. The number of rotatable bonds is 3. The third-order valence-electron chi connectivity index (χ3n) is 4.83. The Morgan fingerprint density at radius 2 is 2.11 bits per heavy atom. The largest absolute Gasteiger partial charge is 0.348 e. The molecule has 2 aliphatic heterocycles. The first kappa shape index (κ1) is 12.2. The molecular formula is C14H24N4. The molecule has 0 spiro atoms. The smallest absolute Gasteiger partial charge is 0.0925 e. The molecule has 100 valence electrons. The van der Waals surface area contributed by atoms with Gasteiger partial charge < -0.3 is 15.2 Å². The number of aromatic nitrogens is 2. The molecular weight excluding hydrogens is 224 g/mol. The third kappa shape index (κ3) is 2.31. The van der Waals surface area contributed by atoms with Crippen LogP contribution in [0.4, 0.5) is 0 Å². The number of hydrogen-bond donors (Lipinski definition) is 2. The molecule has 2 saturated heterocycles. The molecule has 18 heavy (non-hydrogen) atoms. The van der Waals surface area contributed by atoms with Crippen LogP contribution in [0.25, 0.3) is 0 Å². The molecule has 0 saturated carbocycles. The lowest BCUT2D eigenvalue weighted by Gasteiger charge is -2.47. The van der Waals surface area contributed by atoms with Crippen LogP contribution in [-0.2, 0) is 6.54 Å². The fourth-order valence-electron chi connectivity index (χ4n) is 3.59. The standard InChI is InChI=1S/C14H24N4/c1-10-14(17-9-16-10)8-15-11-6-12-4-3-5-13(7-11)18(12)2/h9,11-13,15H,3-8H2,1-2H3,(H,16,17). The van der Waals surface area contributed by atoms with Crippen molar-refractivity contribution in [3.05, 3.63) is 17.7 Å². The summed E-state index contributed by atoms with van der Waals surface area (Å²) >= 11 is 0. The molecule has 1 aromatic heterocycles. The lowest BCUT2D eigenvalue weighted by molar-refractivity contribution is 0.0481. The van der Waals surface area contributed by atoms with Crippen LogP contribution >= 0.6 is 0 Å². The summed E-state index contributed by atoms with van der Waals surface area (Å²) in [5, 5.41) is 3.70. The van der Waals surface area contributed by atoms with Gasteiger partial charge in [0.15, 0.2) is 0 Å². The fourth-order valence-corrected chi connectivity index (χ4v) is 3.59. The number of hydrogen-bond acceptors (Lipinski definition) is 3. The van der Waals surface area contributed by atoms with Crippen LogP contribution in [-0.4, -0.2) is 40.0 Å². The van der Waals surface area contributed by atoms with Gasteiger partial charge in [-0.15, -0.1) is 0 Å². The number of fused-ring (bicyclic) bond motifs is 2. The first-order chi connectivity index (χ1) is 8.74. The average molecular weight is 248 g/mol. The van der Waals surface area contributed by atoms with E-state index in [0.29, 0.717) is 6.04 Å². The van der Waals surface area contributed by atoms with E-state index in [1.54, 1.807) is 6.33 Å². The van der Waals surface area contributed by atoms with Crippen molar-refractivity contribution in [3.63, 3.8) is 0 Å². The predicted octanol–water partition coefficient (Wildman–Crippen LogP) is 1.82. The molecule has 2 bridgehead atoms. The highest BCUT2D eigenvalue weighted by atomic mass is 15.2. The van der Waals surface area contributed by atoms with E-state index in [0.717, 1.165) is 18.6 Å². The molecule has 0 radical (unpaired) electrons. The molecule has 1 aromatic rings. The first-order valence-corrected chi connectivity index (χ1v) is 7.18. The zero-order chi connectivity index (χ0) is 12.5. The fraction of sp³-hybridized carbons (Fsp3) is 0.786. The van der Waals surface area contributed by atoms with Crippen molar-refractivity contribution in [1.82, 2.24) is 20.2 Å². The van der Waals surface area contributed by atoms with Gasteiger partial charge in [0.05, 0.1) is 12.0 Å². The van der Waals surface area contributed by atoms with E-state index in [9.17, 15) is 0 Å². The van der Waals surface area contributed by atoms with Gasteiger partial charge in [0.2, 0.25) is 0 Å². The number of aryl methyl sites for hydroxylation is 1. The van der Waals surface area contributed by atoms with Gasteiger partial charge in [-0.2, -0.15) is 0 Å². The molecule has 2 fully saturated rings. The van der Waals surface area contributed by atoms with E-state index in [-0.39, 0.29) is 0 Å². The Kier molecular flexibility index (Phi) is 3.39. The Balaban J connectivity index is 1.57. The van der Waals surface area contributed by atoms with E-state index in [2.05, 4.69) is 34.2 Å². The van der Waals surface area contributed by atoms with Crippen molar-refractivity contribution in [2.75, 3.05) is 7.05 Å². The summed E-state index contributed by atoms with van der Waals surface area (Å²) in [7, 11) is 2.31. The Bertz CT molecular complexity index is 386. The molecule has 2 N–H and O–H groups in total. The van der Waals surface area contributed by atoms with E-state index >= 15 is 0 Å². The molecule has 4 nitrogen and oxygen atoms in total. The number of imidazole rings is 1. The van der Waals surface area contributed by atoms with Crippen LogP contribution in [0.1, 0.15) is 43.5 Å². The summed E-state index contributed by atoms with van der Waals surface area (Å²) in [5.41, 5.74) is 2.36. The van der Waals surface area contributed by atoms with E-state index < -0.39 is 0 Å². The Morgan fingerprint density at radius 1 is 1.39 bits per heavy atom. The average Bonchev–Trinajstić information content (AvgIpc) is 2.73. The van der Waals surface area contributed by atoms with Crippen LogP contribution in [0.15, 0.2) is 6.33 Å². The number of nitrogens with zero attached hydrogens (tertiary/aromatic N) is 2. The Hall–Kier alpha value is -0.870. The Morgan fingerprint density at radius 3 is 2.72 bits per heavy atom. The van der Waals surface area contributed by atoms with Gasteiger partial charge >= 0.3 is 0 Å². The third-order valence-corrected chi connectivity index (χ3v) is 4.83. The molecule has 0 aromatic carbocycles. The second kappa shape index (κ2) is 5.02. The monoisotopic (exact) mass is 248 g/mol. The highest BCUT2D eigenvalue weighted by molar-refractivity contribution is 5.08. The van der Waals surface area contributed by atoms with Crippen molar-refractivity contribution in [1.29, 1.82) is 0 Å². The number of nitrogens with one attached hydrogen (secondary N) is 2. The summed E-state index contributed by atoms with van der Waals surface area (Å²) in [6, 6.07) is 2.28. The molecule has 3 rings (SSSR count). The normalized spacial score (nSPS) is 32.7. The molecule has 2 unspecified atom stereocenters. The zero-order valence-electron chi connectivity index (χ0n) is 11.4. The molecule has 4 heteroatoms. The van der Waals surface area contributed by atoms with Crippen LogP contribution in [0, 0.1) is 6.92 Å². The van der Waals surface area contributed by atoms with Gasteiger partial charge in [0.1, 0.15) is 0 Å². The minimum atomic E-state index is 0.674. The lowest BCUT2D eigenvalue weighted by atomic mass is 9.82. The van der Waals surface area contributed by atoms with E-state index in [1.165, 1.54) is 43.5 Å². The number of piperidine rings is 2. The number of aromatic amines is 1. The highest BCUT2D eigenvalue weighted by Crippen LogP contribution is 2.32. The quantitative estimate of drug-likeness (QED) is 0.857. The van der Waals surface area contributed by atoms with Crippen LogP contribution in [0.3, 0.4) is 0 Å². The zero-order valence-corrected chi connectivity index (χ0v) is 11.4. The van der Waals surface area contributed by atoms with Crippen LogP contribution in [0.5, 0.6) is 0 Å². The predicted molar refractivity (Wildman–Crippen MR) is 72.4 cm³/mol. The van der Waals surface area contributed by atoms with Gasteiger partial charge in [-0.05, 0) is 39.7 Å². The maximum Gasteiger partial charge on any atom is 0.0925 e. The van der Waals surface area contributed by atoms with Gasteiger partial charge in [-0.1, -0.05) is 6.42 Å². The van der Waals surface area contributed by atoms with Gasteiger partial charge in [-0.25, -0.2) is 4.98 Å². The van der Waals surface area contributed by atoms with Crippen LogP contribution in [0.2, 0.25) is 0 Å². The minimum Gasteiger partial charge on any atom is -0.348 e. The summed E-state index contributed by atoms with van der Waals surface area (Å²) in [5.74, 6) is 0. The second-order valence-electron chi connectivity index (χ2n) is 5.93. The minimum absolute atomic E-state index is 0.674. The summed E-state index contributed by atoms with van der Waals surface area (Å²) in [4.78, 5) is 10.1. The van der Waals surface area contributed by atoms with Gasteiger partial charge in [-0.3, -0.25) is 0 Å². The molecule has 2 atom stereocenters. The van der Waals surface area contributed by atoms with Crippen molar-refractivity contribution in [2.45, 2.75) is 63.7 Å². The Labute approximate surface area is 109 Å². The summed E-state index contributed by atoms with van der Waals surface area (Å²) in [6.07, 6.45) is 8.58. The van der Waals surface area contributed by atoms with Gasteiger partial charge in [0.25, 0.3) is 0 Å². The van der Waals surface area contributed by atoms with Gasteiger partial charge in [0, 0.05) is 30.4 Å². The number of H-pyrrole nitrogens is 1. The van der Waals surface area contributed by atoms with E-state index in [1.807, 2.05) is 0 Å². The summed E-state index contributed by atoms with van der Waals surface area (Å²) in [6.45, 7) is 3.00. The SMILES string of the molecule is Cc1[nH]cnc1CNC1CC2CCCC(C1)N2C. The van der Waals surface area contributed by atoms with Crippen molar-refractivity contribution in [2.24, 2.45) is 0 Å². The summed E-state index contributed by atoms with van der Waals surface area (Å²) < 4.78 is 0. The molecule has 0 aliphatic carbocycles. The maximum atomic E-state index is 4.36. The van der Waals surface area contributed by atoms with Crippen LogP contribution < -0.4 is 5.32 Å². The van der Waals surface area contributed by atoms with Crippen molar-refractivity contribution in [3.8, 4) is 0 Å². The van der Waals surface area contributed by atoms with E-state index in [4.69, 9.17) is 0 Å². The first-order valence-electron chi connectivity index (χ1n) is 7.18. The van der Waals surface area contributed by atoms with Crippen molar-refractivity contribution >= 4 is 0 Å².